The van der Waals surface area contributed by atoms with Crippen molar-refractivity contribution in [2.75, 3.05) is 32.7 Å². The highest BCUT2D eigenvalue weighted by Crippen LogP contribution is 2.51. The predicted molar refractivity (Wildman–Crippen MR) is 142 cm³/mol. The van der Waals surface area contributed by atoms with Crippen molar-refractivity contribution in [3.8, 4) is 11.1 Å². The number of fused-ring (bicyclic) bond motifs is 3. The van der Waals surface area contributed by atoms with E-state index in [1.807, 2.05) is 83.8 Å². The van der Waals surface area contributed by atoms with Gasteiger partial charge in [0, 0.05) is 19.6 Å². The van der Waals surface area contributed by atoms with Gasteiger partial charge in [-0.2, -0.15) is 0 Å². The SMILES string of the molecule is O=C(Cc1ccccc1)N1CCCN(CCCCC2(C(=O)O)c3ccccc3-c3ccccc32)CC1. The Morgan fingerprint density at radius 1 is 0.750 bits per heavy atom. The minimum Gasteiger partial charge on any atom is -0.480 e. The minimum atomic E-state index is -0.980. The molecule has 5 rings (SSSR count). The molecule has 0 spiro atoms. The fourth-order valence-corrected chi connectivity index (χ4v) is 5.98. The second-order valence-corrected chi connectivity index (χ2v) is 10.00. The smallest absolute Gasteiger partial charge is 0.318 e. The summed E-state index contributed by atoms with van der Waals surface area (Å²) in [5, 5.41) is 10.5. The van der Waals surface area contributed by atoms with Gasteiger partial charge < -0.3 is 14.9 Å². The molecule has 36 heavy (non-hydrogen) atoms. The number of rotatable bonds is 8. The van der Waals surface area contributed by atoms with Crippen LogP contribution in [0.1, 0.15) is 42.4 Å². The Morgan fingerprint density at radius 3 is 2.06 bits per heavy atom. The van der Waals surface area contributed by atoms with Crippen LogP contribution in [0.3, 0.4) is 0 Å². The number of carbonyl (C=O) groups is 2. The van der Waals surface area contributed by atoms with Gasteiger partial charge in [-0.1, -0.05) is 85.3 Å². The van der Waals surface area contributed by atoms with E-state index in [0.29, 0.717) is 12.8 Å². The van der Waals surface area contributed by atoms with Crippen LogP contribution in [0, 0.1) is 0 Å². The highest BCUT2D eigenvalue weighted by molar-refractivity contribution is 5.97. The topological polar surface area (TPSA) is 60.9 Å². The van der Waals surface area contributed by atoms with Gasteiger partial charge in [0.2, 0.25) is 5.91 Å². The summed E-state index contributed by atoms with van der Waals surface area (Å²) in [5.41, 5.74) is 4.01. The largest absolute Gasteiger partial charge is 0.480 e. The Hall–Kier alpha value is -3.44. The van der Waals surface area contributed by atoms with E-state index < -0.39 is 11.4 Å². The summed E-state index contributed by atoms with van der Waals surface area (Å²) >= 11 is 0. The van der Waals surface area contributed by atoms with Gasteiger partial charge in [0.25, 0.3) is 0 Å². The fourth-order valence-electron chi connectivity index (χ4n) is 5.98. The van der Waals surface area contributed by atoms with Crippen molar-refractivity contribution < 1.29 is 14.7 Å². The second kappa shape index (κ2) is 10.7. The fraction of sp³-hybridized carbons (Fsp3) is 0.355. The van der Waals surface area contributed by atoms with Crippen LogP contribution >= 0.6 is 0 Å². The molecule has 3 aromatic rings. The number of unbranched alkanes of at least 4 members (excludes halogenated alkanes) is 1. The van der Waals surface area contributed by atoms with Crippen molar-refractivity contribution in [3.05, 3.63) is 95.6 Å². The van der Waals surface area contributed by atoms with E-state index in [1.54, 1.807) is 0 Å². The molecule has 0 bridgehead atoms. The van der Waals surface area contributed by atoms with Crippen molar-refractivity contribution in [1.82, 2.24) is 9.80 Å². The average Bonchev–Trinajstić information content (AvgIpc) is 3.01. The number of carbonyl (C=O) groups excluding carboxylic acids is 1. The third kappa shape index (κ3) is 4.68. The Kier molecular flexibility index (Phi) is 7.19. The zero-order chi connectivity index (χ0) is 25.0. The van der Waals surface area contributed by atoms with E-state index in [-0.39, 0.29) is 5.91 Å². The summed E-state index contributed by atoms with van der Waals surface area (Å²) in [6.07, 6.45) is 3.80. The predicted octanol–water partition coefficient (Wildman–Crippen LogP) is 4.99. The molecule has 0 aromatic heterocycles. The Morgan fingerprint density at radius 2 is 1.39 bits per heavy atom. The highest BCUT2D eigenvalue weighted by atomic mass is 16.4. The lowest BCUT2D eigenvalue weighted by Crippen LogP contribution is -2.36. The molecule has 5 nitrogen and oxygen atoms in total. The van der Waals surface area contributed by atoms with Crippen LogP contribution in [-0.4, -0.2) is 59.5 Å². The second-order valence-electron chi connectivity index (χ2n) is 10.00. The first-order valence-corrected chi connectivity index (χ1v) is 13.1. The van der Waals surface area contributed by atoms with E-state index in [0.717, 1.165) is 79.8 Å². The van der Waals surface area contributed by atoms with Crippen LogP contribution < -0.4 is 0 Å². The maximum absolute atomic E-state index is 12.8. The first-order valence-electron chi connectivity index (χ1n) is 13.1. The van der Waals surface area contributed by atoms with Gasteiger partial charge in [0.05, 0.1) is 6.42 Å². The number of hydrogen-bond donors (Lipinski definition) is 1. The lowest BCUT2D eigenvalue weighted by Gasteiger charge is -2.28. The van der Waals surface area contributed by atoms with Gasteiger partial charge >= 0.3 is 5.97 Å². The monoisotopic (exact) mass is 482 g/mol. The molecule has 186 valence electrons. The molecule has 1 heterocycles. The summed E-state index contributed by atoms with van der Waals surface area (Å²) in [5.74, 6) is -0.563. The zero-order valence-electron chi connectivity index (χ0n) is 20.7. The number of aliphatic carboxylic acids is 1. The van der Waals surface area contributed by atoms with Crippen LogP contribution in [0.2, 0.25) is 0 Å². The summed E-state index contributed by atoms with van der Waals surface area (Å²) in [4.78, 5) is 30.0. The Bertz CT molecular complexity index is 1180. The third-order valence-corrected chi connectivity index (χ3v) is 7.84. The third-order valence-electron chi connectivity index (χ3n) is 7.84. The first kappa shape index (κ1) is 24.3. The van der Waals surface area contributed by atoms with Gasteiger partial charge in [-0.15, -0.1) is 0 Å². The molecule has 1 N–H and O–H groups in total. The molecule has 3 aromatic carbocycles. The van der Waals surface area contributed by atoms with Gasteiger partial charge in [0.15, 0.2) is 0 Å². The Balaban J connectivity index is 1.18. The van der Waals surface area contributed by atoms with E-state index in [2.05, 4.69) is 4.90 Å². The maximum atomic E-state index is 12.8. The van der Waals surface area contributed by atoms with Gasteiger partial charge in [0.1, 0.15) is 5.41 Å². The van der Waals surface area contributed by atoms with Gasteiger partial charge in [-0.3, -0.25) is 9.59 Å². The minimum absolute atomic E-state index is 0.199. The van der Waals surface area contributed by atoms with Crippen molar-refractivity contribution in [2.45, 2.75) is 37.5 Å². The molecule has 1 aliphatic heterocycles. The van der Waals surface area contributed by atoms with Crippen LogP contribution in [0.25, 0.3) is 11.1 Å². The van der Waals surface area contributed by atoms with Gasteiger partial charge in [-0.25, -0.2) is 0 Å². The number of amides is 1. The maximum Gasteiger partial charge on any atom is 0.318 e. The molecule has 0 saturated carbocycles. The van der Waals surface area contributed by atoms with Crippen LogP contribution in [-0.2, 0) is 21.4 Å². The van der Waals surface area contributed by atoms with Crippen LogP contribution in [0.15, 0.2) is 78.9 Å². The zero-order valence-corrected chi connectivity index (χ0v) is 20.7. The summed E-state index contributed by atoms with van der Waals surface area (Å²) in [6.45, 7) is 4.34. The summed E-state index contributed by atoms with van der Waals surface area (Å²) < 4.78 is 0. The van der Waals surface area contributed by atoms with Crippen molar-refractivity contribution >= 4 is 11.9 Å². The van der Waals surface area contributed by atoms with Crippen molar-refractivity contribution in [2.24, 2.45) is 0 Å². The molecule has 5 heteroatoms. The van der Waals surface area contributed by atoms with E-state index in [4.69, 9.17) is 0 Å². The average molecular weight is 483 g/mol. The lowest BCUT2D eigenvalue weighted by atomic mass is 9.74. The lowest BCUT2D eigenvalue weighted by molar-refractivity contribution is -0.142. The molecule has 1 saturated heterocycles. The van der Waals surface area contributed by atoms with Crippen LogP contribution in [0.4, 0.5) is 0 Å². The quantitative estimate of drug-likeness (QED) is 0.460. The number of hydrogen-bond acceptors (Lipinski definition) is 3. The molecular weight excluding hydrogens is 448 g/mol. The molecular formula is C31H34N2O3. The molecule has 1 aliphatic carbocycles. The van der Waals surface area contributed by atoms with Crippen LogP contribution in [0.5, 0.6) is 0 Å². The number of benzene rings is 3. The number of carboxylic acid groups (broad SMARTS) is 1. The van der Waals surface area contributed by atoms with Crippen molar-refractivity contribution in [3.63, 3.8) is 0 Å². The highest BCUT2D eigenvalue weighted by Gasteiger charge is 2.48. The number of nitrogens with zero attached hydrogens (tertiary/aromatic N) is 2. The summed E-state index contributed by atoms with van der Waals surface area (Å²) in [7, 11) is 0. The van der Waals surface area contributed by atoms with E-state index in [1.165, 1.54) is 0 Å². The normalized spacial score (nSPS) is 16.7. The first-order chi connectivity index (χ1) is 17.6. The van der Waals surface area contributed by atoms with E-state index >= 15 is 0 Å². The number of carboxylic acids is 1. The molecule has 0 unspecified atom stereocenters. The van der Waals surface area contributed by atoms with E-state index in [9.17, 15) is 14.7 Å². The standard InChI is InChI=1S/C31H34N2O3/c34-29(23-24-11-2-1-3-12-24)33-20-10-19-32(21-22-33)18-9-8-17-31(30(35)36)27-15-6-4-13-25(27)26-14-5-7-16-28(26)31/h1-7,11-16H,8-10,17-23H2,(H,35,36). The molecule has 1 amide bonds. The molecule has 0 atom stereocenters. The molecule has 1 fully saturated rings. The van der Waals surface area contributed by atoms with Gasteiger partial charge in [-0.05, 0) is 60.2 Å². The Labute approximate surface area is 213 Å². The van der Waals surface area contributed by atoms with Crippen molar-refractivity contribution in [1.29, 1.82) is 0 Å². The molecule has 2 aliphatic rings. The molecule has 0 radical (unpaired) electrons. The summed E-state index contributed by atoms with van der Waals surface area (Å²) in [6, 6.07) is 25.9.